The molecule has 27 heavy (non-hydrogen) atoms. The lowest BCUT2D eigenvalue weighted by molar-refractivity contribution is -0.115. The summed E-state index contributed by atoms with van der Waals surface area (Å²) in [6, 6.07) is 7.24. The van der Waals surface area contributed by atoms with E-state index in [1.165, 1.54) is 10.6 Å². The van der Waals surface area contributed by atoms with Crippen LogP contribution in [0.1, 0.15) is 23.4 Å². The molecule has 2 N–H and O–H groups in total. The van der Waals surface area contributed by atoms with Crippen LogP contribution in [-0.4, -0.2) is 43.6 Å². The van der Waals surface area contributed by atoms with E-state index < -0.39 is 10.0 Å². The zero-order valence-electron chi connectivity index (χ0n) is 15.6. The van der Waals surface area contributed by atoms with Gasteiger partial charge in [0.1, 0.15) is 0 Å². The molecule has 2 aromatic rings. The summed E-state index contributed by atoms with van der Waals surface area (Å²) in [7, 11) is -3.32. The van der Waals surface area contributed by atoms with Crippen molar-refractivity contribution in [1.82, 2.24) is 9.97 Å². The first kappa shape index (κ1) is 19.1. The van der Waals surface area contributed by atoms with Crippen LogP contribution >= 0.6 is 0 Å². The molecule has 1 aromatic carbocycles. The maximum atomic E-state index is 12.2. The Balaban J connectivity index is 1.59. The quantitative estimate of drug-likeness (QED) is 0.781. The average Bonchev–Trinajstić information content (AvgIpc) is 2.97. The number of amides is 1. The number of rotatable bonds is 6. The molecule has 0 radical (unpaired) electrons. The smallest absolute Gasteiger partial charge is 0.232 e. The van der Waals surface area contributed by atoms with Gasteiger partial charge in [-0.05, 0) is 44.0 Å². The van der Waals surface area contributed by atoms with E-state index in [2.05, 4.69) is 20.6 Å². The number of carbonyl (C=O) groups is 1. The van der Waals surface area contributed by atoms with Crippen LogP contribution in [0.2, 0.25) is 0 Å². The molecule has 9 heteroatoms. The van der Waals surface area contributed by atoms with E-state index in [9.17, 15) is 13.2 Å². The van der Waals surface area contributed by atoms with Crippen LogP contribution in [0.15, 0.2) is 24.3 Å². The fraction of sp³-hybridized carbons (Fsp3) is 0.389. The van der Waals surface area contributed by atoms with E-state index in [0.29, 0.717) is 36.8 Å². The van der Waals surface area contributed by atoms with Gasteiger partial charge in [-0.15, -0.1) is 0 Å². The molecule has 0 bridgehead atoms. The summed E-state index contributed by atoms with van der Waals surface area (Å²) in [4.78, 5) is 20.7. The van der Waals surface area contributed by atoms with E-state index in [-0.39, 0.29) is 12.3 Å². The van der Waals surface area contributed by atoms with Gasteiger partial charge in [0.2, 0.25) is 21.9 Å². The molecule has 2 heterocycles. The van der Waals surface area contributed by atoms with Gasteiger partial charge in [0.25, 0.3) is 0 Å². The molecule has 1 amide bonds. The molecule has 144 valence electrons. The Hall–Kier alpha value is -2.68. The SMILES string of the molecule is Cc1cc(C)nc(NCCC(=O)Nc2ccc3c(c2)N(S(C)(=O)=O)CC3)n1. The lowest BCUT2D eigenvalue weighted by atomic mass is 10.1. The molecule has 1 aliphatic heterocycles. The van der Waals surface area contributed by atoms with Crippen molar-refractivity contribution in [2.75, 3.05) is 34.3 Å². The van der Waals surface area contributed by atoms with Gasteiger partial charge in [-0.2, -0.15) is 0 Å². The number of sulfonamides is 1. The van der Waals surface area contributed by atoms with Crippen molar-refractivity contribution in [3.05, 3.63) is 41.2 Å². The summed E-state index contributed by atoms with van der Waals surface area (Å²) in [5.74, 6) is 0.331. The average molecular weight is 389 g/mol. The minimum atomic E-state index is -3.32. The van der Waals surface area contributed by atoms with Crippen molar-refractivity contribution < 1.29 is 13.2 Å². The molecule has 8 nitrogen and oxygen atoms in total. The second-order valence-electron chi connectivity index (χ2n) is 6.63. The number of carbonyl (C=O) groups excluding carboxylic acids is 1. The second kappa shape index (κ2) is 7.51. The number of benzene rings is 1. The highest BCUT2D eigenvalue weighted by Crippen LogP contribution is 2.32. The van der Waals surface area contributed by atoms with Gasteiger partial charge in [-0.25, -0.2) is 18.4 Å². The van der Waals surface area contributed by atoms with Gasteiger partial charge in [0.05, 0.1) is 11.9 Å². The Labute approximate surface area is 159 Å². The van der Waals surface area contributed by atoms with Crippen LogP contribution in [0, 0.1) is 13.8 Å². The van der Waals surface area contributed by atoms with Crippen LogP contribution in [0.3, 0.4) is 0 Å². The fourth-order valence-electron chi connectivity index (χ4n) is 3.09. The summed E-state index contributed by atoms with van der Waals surface area (Å²) in [6.45, 7) is 4.61. The van der Waals surface area contributed by atoms with E-state index in [1.807, 2.05) is 26.0 Å². The molecular formula is C18H23N5O3S. The Morgan fingerprint density at radius 3 is 2.56 bits per heavy atom. The lowest BCUT2D eigenvalue weighted by Crippen LogP contribution is -2.27. The summed E-state index contributed by atoms with van der Waals surface area (Å²) < 4.78 is 25.1. The van der Waals surface area contributed by atoms with E-state index in [4.69, 9.17) is 0 Å². The largest absolute Gasteiger partial charge is 0.354 e. The predicted molar refractivity (Wildman–Crippen MR) is 106 cm³/mol. The minimum Gasteiger partial charge on any atom is -0.354 e. The van der Waals surface area contributed by atoms with Gasteiger partial charge >= 0.3 is 0 Å². The number of nitrogens with one attached hydrogen (secondary N) is 2. The third kappa shape index (κ3) is 4.73. The summed E-state index contributed by atoms with van der Waals surface area (Å²) in [6.07, 6.45) is 2.10. The van der Waals surface area contributed by atoms with Crippen molar-refractivity contribution in [2.24, 2.45) is 0 Å². The van der Waals surface area contributed by atoms with Crippen molar-refractivity contribution in [1.29, 1.82) is 0 Å². The summed E-state index contributed by atoms with van der Waals surface area (Å²) in [5, 5.41) is 5.85. The number of hydrogen-bond donors (Lipinski definition) is 2. The topological polar surface area (TPSA) is 104 Å². The first-order chi connectivity index (χ1) is 12.7. The molecule has 1 aromatic heterocycles. The highest BCUT2D eigenvalue weighted by atomic mass is 32.2. The molecule has 3 rings (SSSR count). The van der Waals surface area contributed by atoms with Crippen molar-refractivity contribution in [3.8, 4) is 0 Å². The highest BCUT2D eigenvalue weighted by Gasteiger charge is 2.26. The molecular weight excluding hydrogens is 366 g/mol. The van der Waals surface area contributed by atoms with E-state index in [1.54, 1.807) is 12.1 Å². The predicted octanol–water partition coefficient (Wildman–Crippen LogP) is 1.86. The number of fused-ring (bicyclic) bond motifs is 1. The molecule has 0 unspecified atom stereocenters. The first-order valence-electron chi connectivity index (χ1n) is 8.69. The maximum Gasteiger partial charge on any atom is 0.232 e. The number of aromatic nitrogens is 2. The number of anilines is 3. The van der Waals surface area contributed by atoms with Gasteiger partial charge in [-0.3, -0.25) is 9.10 Å². The van der Waals surface area contributed by atoms with Gasteiger partial charge < -0.3 is 10.6 Å². The third-order valence-electron chi connectivity index (χ3n) is 4.24. The standard InChI is InChI=1S/C18H23N5O3S/c1-12-10-13(2)21-18(20-12)19-8-6-17(24)22-15-5-4-14-7-9-23(16(14)11-15)27(3,25)26/h4-5,10-11H,6-9H2,1-3H3,(H,22,24)(H,19,20,21). The first-order valence-corrected chi connectivity index (χ1v) is 10.5. The normalized spacial score (nSPS) is 13.4. The second-order valence-corrected chi connectivity index (χ2v) is 8.53. The van der Waals surface area contributed by atoms with Crippen LogP contribution in [0.25, 0.3) is 0 Å². The van der Waals surface area contributed by atoms with Gasteiger partial charge in [0, 0.05) is 36.6 Å². The Morgan fingerprint density at radius 1 is 1.19 bits per heavy atom. The molecule has 0 fully saturated rings. The van der Waals surface area contributed by atoms with E-state index >= 15 is 0 Å². The van der Waals surface area contributed by atoms with Crippen LogP contribution in [0.5, 0.6) is 0 Å². The van der Waals surface area contributed by atoms with Crippen LogP contribution in [0.4, 0.5) is 17.3 Å². The van der Waals surface area contributed by atoms with Crippen molar-refractivity contribution in [3.63, 3.8) is 0 Å². The van der Waals surface area contributed by atoms with Crippen molar-refractivity contribution >= 4 is 33.3 Å². The Kier molecular flexibility index (Phi) is 5.31. The third-order valence-corrected chi connectivity index (χ3v) is 5.42. The van der Waals surface area contributed by atoms with Crippen LogP contribution in [-0.2, 0) is 21.2 Å². The molecule has 0 spiro atoms. The number of aryl methyl sites for hydroxylation is 2. The molecule has 0 saturated heterocycles. The Bertz CT molecular complexity index is 955. The number of nitrogens with zero attached hydrogens (tertiary/aromatic N) is 3. The monoisotopic (exact) mass is 389 g/mol. The zero-order chi connectivity index (χ0) is 19.6. The molecule has 0 aliphatic carbocycles. The van der Waals surface area contributed by atoms with Gasteiger partial charge in [0.15, 0.2) is 0 Å². The fourth-order valence-corrected chi connectivity index (χ4v) is 4.04. The van der Waals surface area contributed by atoms with E-state index in [0.717, 1.165) is 17.0 Å². The van der Waals surface area contributed by atoms with Gasteiger partial charge in [-0.1, -0.05) is 6.07 Å². The molecule has 0 saturated carbocycles. The van der Waals surface area contributed by atoms with Crippen molar-refractivity contribution in [2.45, 2.75) is 26.7 Å². The summed E-state index contributed by atoms with van der Waals surface area (Å²) in [5.41, 5.74) is 3.91. The Morgan fingerprint density at radius 2 is 1.89 bits per heavy atom. The van der Waals surface area contributed by atoms with Crippen LogP contribution < -0.4 is 14.9 Å². The molecule has 1 aliphatic rings. The summed E-state index contributed by atoms with van der Waals surface area (Å²) >= 11 is 0. The maximum absolute atomic E-state index is 12.2. The lowest BCUT2D eigenvalue weighted by Gasteiger charge is -2.17. The zero-order valence-corrected chi connectivity index (χ0v) is 16.4. The number of hydrogen-bond acceptors (Lipinski definition) is 6. The molecule has 0 atom stereocenters. The highest BCUT2D eigenvalue weighted by molar-refractivity contribution is 7.92. The minimum absolute atomic E-state index is 0.171.